The number of hydrogen-bond acceptors (Lipinski definition) is 20. The van der Waals surface area contributed by atoms with Crippen LogP contribution in [0.1, 0.15) is 13.8 Å². The van der Waals surface area contributed by atoms with Gasteiger partial charge in [0.2, 0.25) is 5.91 Å². The third kappa shape index (κ3) is 8.04. The van der Waals surface area contributed by atoms with Crippen LogP contribution in [-0.2, 0) is 38.0 Å². The Balaban J connectivity index is 1.58. The molecule has 0 aromatic carbocycles. The first-order valence-corrected chi connectivity index (χ1v) is 15.0. The first-order chi connectivity index (χ1) is 22.1. The molecule has 0 aliphatic carbocycles. The summed E-state index contributed by atoms with van der Waals surface area (Å²) < 4.78 is 39.0. The zero-order chi connectivity index (χ0) is 34.9. The van der Waals surface area contributed by atoms with E-state index in [2.05, 4.69) is 5.32 Å². The molecule has 47 heavy (non-hydrogen) atoms. The molecule has 4 aliphatic rings. The molecule has 21 nitrogen and oxygen atoms in total. The Bertz CT molecular complexity index is 1010. The topological polar surface area (TPSA) is 336 Å². The Hall–Kier alpha value is -1.29. The Labute approximate surface area is 267 Å². The molecule has 4 rings (SSSR count). The van der Waals surface area contributed by atoms with E-state index in [1.807, 2.05) is 0 Å². The fourth-order valence-electron chi connectivity index (χ4n) is 5.87. The van der Waals surface area contributed by atoms with Crippen LogP contribution in [0.5, 0.6) is 0 Å². The molecule has 20 atom stereocenters. The molecule has 0 radical (unpaired) electrons. The fraction of sp³-hybridized carbons (Fsp3) is 0.962. The molecule has 0 saturated carbocycles. The van der Waals surface area contributed by atoms with Crippen LogP contribution in [0.4, 0.5) is 0 Å². The van der Waals surface area contributed by atoms with E-state index < -0.39 is 148 Å². The largest absolute Gasteiger partial charge is 0.394 e. The Kier molecular flexibility index (Phi) is 13.2. The van der Waals surface area contributed by atoms with Crippen LogP contribution in [0, 0.1) is 0 Å². The van der Waals surface area contributed by atoms with Gasteiger partial charge in [-0.3, -0.25) is 4.79 Å². The minimum Gasteiger partial charge on any atom is -0.394 e. The van der Waals surface area contributed by atoms with Crippen molar-refractivity contribution in [2.24, 2.45) is 0 Å². The molecule has 4 saturated heterocycles. The molecule has 4 fully saturated rings. The van der Waals surface area contributed by atoms with Crippen molar-refractivity contribution in [3.05, 3.63) is 0 Å². The van der Waals surface area contributed by atoms with Gasteiger partial charge in [-0.2, -0.15) is 0 Å². The highest BCUT2D eigenvalue weighted by Crippen LogP contribution is 2.34. The standard InChI is InChI=1S/C26H45NO20/c1-6-12(32)21(46-24-11(27-7(2)31)15(35)13(33)8(3-28)43-24)19(39)25(41-6)47-22-16(36)14(34)9(4-29)44-26(22)45-20-10(5-30)42-23(40)18(38)17(20)37/h6,8-26,28-30,32-40H,3-5H2,1-2H3,(H,27,31)/t6-,8+,9+,10+,11+,12+,13-,14-,15+,16-,17+,18+,19-,20+,21+,22+,23+,24+,25?,26-/m0/s1. The Morgan fingerprint density at radius 2 is 1.06 bits per heavy atom. The van der Waals surface area contributed by atoms with E-state index in [0.29, 0.717) is 0 Å². The molecule has 0 spiro atoms. The third-order valence-electron chi connectivity index (χ3n) is 8.57. The summed E-state index contributed by atoms with van der Waals surface area (Å²) in [6.45, 7) is 0.000262. The van der Waals surface area contributed by atoms with Crippen molar-refractivity contribution in [3.63, 3.8) is 0 Å². The second-order valence-corrected chi connectivity index (χ2v) is 11.9. The minimum atomic E-state index is -1.97. The van der Waals surface area contributed by atoms with Crippen LogP contribution in [-0.4, -0.2) is 210 Å². The van der Waals surface area contributed by atoms with Gasteiger partial charge in [-0.15, -0.1) is 0 Å². The summed E-state index contributed by atoms with van der Waals surface area (Å²) in [7, 11) is 0. The second-order valence-electron chi connectivity index (χ2n) is 11.9. The van der Waals surface area contributed by atoms with Gasteiger partial charge in [0.1, 0.15) is 91.5 Å². The van der Waals surface area contributed by atoms with E-state index >= 15 is 0 Å². The van der Waals surface area contributed by atoms with Crippen LogP contribution < -0.4 is 5.32 Å². The molecule has 0 aromatic heterocycles. The fourth-order valence-corrected chi connectivity index (χ4v) is 5.87. The number of carbonyl (C=O) groups is 1. The summed E-state index contributed by atoms with van der Waals surface area (Å²) >= 11 is 0. The molecule has 1 amide bonds. The molecule has 4 heterocycles. The van der Waals surface area contributed by atoms with E-state index in [1.165, 1.54) is 6.92 Å². The van der Waals surface area contributed by atoms with Crippen molar-refractivity contribution in [3.8, 4) is 0 Å². The highest BCUT2D eigenvalue weighted by Gasteiger charge is 2.55. The first-order valence-electron chi connectivity index (χ1n) is 15.0. The number of nitrogens with one attached hydrogen (secondary N) is 1. The molecule has 4 aliphatic heterocycles. The molecule has 21 heteroatoms. The lowest BCUT2D eigenvalue weighted by atomic mass is 9.95. The van der Waals surface area contributed by atoms with Crippen molar-refractivity contribution < 1.29 is 99.2 Å². The van der Waals surface area contributed by atoms with Crippen LogP contribution in [0.3, 0.4) is 0 Å². The lowest BCUT2D eigenvalue weighted by molar-refractivity contribution is -0.392. The summed E-state index contributed by atoms with van der Waals surface area (Å²) in [5.41, 5.74) is 0. The quantitative estimate of drug-likeness (QED) is 0.101. The monoisotopic (exact) mass is 691 g/mol. The number of hydrogen-bond donors (Lipinski definition) is 13. The SMILES string of the molecule is CC(=O)N[C@H]1[C@@H](O[C@@H]2[C@H](O)[C@H](C)OC(O[C@H]3[C@H](O[C@H]4[C@H](O)[C@@H](O)[C@H](O)O[C@@H]4CO)O[C@H](CO)[C@H](O)[C@@H]3O)[C@H]2O)O[C@H](CO)[C@H](O)[C@@H]1O. The van der Waals surface area contributed by atoms with Crippen molar-refractivity contribution in [1.82, 2.24) is 5.32 Å². The summed E-state index contributed by atoms with van der Waals surface area (Å²) in [4.78, 5) is 11.8. The molecule has 0 bridgehead atoms. The summed E-state index contributed by atoms with van der Waals surface area (Å²) in [6, 6.07) is -1.45. The number of aliphatic hydroxyl groups is 12. The zero-order valence-electron chi connectivity index (χ0n) is 25.3. The second kappa shape index (κ2) is 16.2. The molecular formula is C26H45NO20. The van der Waals surface area contributed by atoms with Crippen LogP contribution >= 0.6 is 0 Å². The maximum Gasteiger partial charge on any atom is 0.217 e. The van der Waals surface area contributed by atoms with E-state index in [1.54, 1.807) is 0 Å². The summed E-state index contributed by atoms with van der Waals surface area (Å²) in [5, 5.41) is 126. The van der Waals surface area contributed by atoms with Crippen molar-refractivity contribution >= 4 is 5.91 Å². The number of ether oxygens (including phenoxy) is 7. The Morgan fingerprint density at radius 3 is 1.64 bits per heavy atom. The van der Waals surface area contributed by atoms with Crippen molar-refractivity contribution in [2.75, 3.05) is 19.8 Å². The number of amides is 1. The predicted octanol–water partition coefficient (Wildman–Crippen LogP) is -8.58. The van der Waals surface area contributed by atoms with Gasteiger partial charge in [-0.05, 0) is 6.92 Å². The van der Waals surface area contributed by atoms with Gasteiger partial charge >= 0.3 is 0 Å². The van der Waals surface area contributed by atoms with Gasteiger partial charge in [0.25, 0.3) is 0 Å². The van der Waals surface area contributed by atoms with E-state index in [0.717, 1.165) is 6.92 Å². The summed E-state index contributed by atoms with van der Waals surface area (Å²) in [5.74, 6) is -0.667. The maximum atomic E-state index is 11.8. The Morgan fingerprint density at radius 1 is 0.553 bits per heavy atom. The van der Waals surface area contributed by atoms with Gasteiger partial charge in [-0.1, -0.05) is 0 Å². The van der Waals surface area contributed by atoms with Crippen LogP contribution in [0.25, 0.3) is 0 Å². The molecule has 1 unspecified atom stereocenters. The highest BCUT2D eigenvalue weighted by atomic mass is 16.8. The van der Waals surface area contributed by atoms with Gasteiger partial charge < -0.3 is 99.8 Å². The highest BCUT2D eigenvalue weighted by molar-refractivity contribution is 5.73. The number of rotatable bonds is 10. The predicted molar refractivity (Wildman–Crippen MR) is 144 cm³/mol. The molecule has 13 N–H and O–H groups in total. The van der Waals surface area contributed by atoms with E-state index in [4.69, 9.17) is 33.2 Å². The van der Waals surface area contributed by atoms with Gasteiger partial charge in [0, 0.05) is 6.92 Å². The maximum absolute atomic E-state index is 11.8. The normalized spacial score (nSPS) is 51.0. The van der Waals surface area contributed by atoms with Gasteiger partial charge in [0.05, 0.1) is 25.9 Å². The smallest absolute Gasteiger partial charge is 0.217 e. The lowest BCUT2D eigenvalue weighted by Crippen LogP contribution is -2.68. The van der Waals surface area contributed by atoms with E-state index in [-0.39, 0.29) is 0 Å². The summed E-state index contributed by atoms with van der Waals surface area (Å²) in [6.07, 6.45) is -32.4. The zero-order valence-corrected chi connectivity index (χ0v) is 25.3. The average Bonchev–Trinajstić information content (AvgIpc) is 3.04. The molecule has 0 aromatic rings. The van der Waals surface area contributed by atoms with Gasteiger partial charge in [-0.25, -0.2) is 0 Å². The first kappa shape index (κ1) is 38.5. The average molecular weight is 692 g/mol. The van der Waals surface area contributed by atoms with Gasteiger partial charge in [0.15, 0.2) is 25.2 Å². The molecule has 274 valence electrons. The third-order valence-corrected chi connectivity index (χ3v) is 8.57. The lowest BCUT2D eigenvalue weighted by Gasteiger charge is -2.49. The molecular weight excluding hydrogens is 646 g/mol. The minimum absolute atomic E-state index is 0.667. The number of aliphatic hydroxyl groups excluding tert-OH is 12. The van der Waals surface area contributed by atoms with Crippen LogP contribution in [0.2, 0.25) is 0 Å². The van der Waals surface area contributed by atoms with Crippen LogP contribution in [0.15, 0.2) is 0 Å². The number of carbonyl (C=O) groups excluding carboxylic acids is 1. The van der Waals surface area contributed by atoms with Crippen molar-refractivity contribution in [2.45, 2.75) is 137 Å². The van der Waals surface area contributed by atoms with Crippen molar-refractivity contribution in [1.29, 1.82) is 0 Å². The van der Waals surface area contributed by atoms with E-state index in [9.17, 15) is 66.1 Å².